The van der Waals surface area contributed by atoms with E-state index < -0.39 is 0 Å². The number of halogens is 9. The van der Waals surface area contributed by atoms with Crippen LogP contribution >= 0.6 is 98.1 Å². The summed E-state index contributed by atoms with van der Waals surface area (Å²) in [4.78, 5) is 0. The molecule has 0 spiro atoms. The average Bonchev–Trinajstić information content (AvgIpc) is 1.84. The zero-order valence-electron chi connectivity index (χ0n) is 3.43. The van der Waals surface area contributed by atoms with Gasteiger partial charge in [0.2, 0.25) is 0 Å². The molecule has 0 heterocycles. The Morgan fingerprint density at radius 1 is 1.11 bits per heavy atom. The molecular weight excluding hydrogens is 1140 g/mol. The van der Waals surface area contributed by atoms with Crippen molar-refractivity contribution in [3.63, 3.8) is 0 Å². The van der Waals surface area contributed by atoms with E-state index in [2.05, 4.69) is 93.1 Å². The van der Waals surface area contributed by atoms with Crippen molar-refractivity contribution in [1.82, 2.24) is 0 Å². The molecule has 0 N–H and O–H groups in total. The standard InChI is InChI=1S/HI9/c1-6-8(4)9(5)7(2)3/h1H. The SMILES string of the molecule is II(I)I(I)I(I)[I-][IH+]. The van der Waals surface area contributed by atoms with Crippen LogP contribution in [0.2, 0.25) is 0 Å². The first kappa shape index (κ1) is 15.6. The second-order valence-corrected chi connectivity index (χ2v) is 164. The van der Waals surface area contributed by atoms with Gasteiger partial charge in [-0.1, -0.05) is 0 Å². The van der Waals surface area contributed by atoms with Crippen LogP contribution < -0.4 is 31.9 Å². The first-order valence-electron chi connectivity index (χ1n) is 1.15. The fraction of sp³-hybridized carbons (Fsp3) is 0. The van der Waals surface area contributed by atoms with Crippen molar-refractivity contribution < 1.29 is 31.9 Å². The molecular formula is HI9. The molecule has 0 bridgehead atoms. The van der Waals surface area contributed by atoms with E-state index in [0.29, 0.717) is 13.3 Å². The molecule has 0 atom stereocenters. The van der Waals surface area contributed by atoms with Crippen molar-refractivity contribution in [2.75, 3.05) is 0 Å². The molecule has 0 aromatic heterocycles. The molecule has 64 valence electrons. The second kappa shape index (κ2) is 9.77. The van der Waals surface area contributed by atoms with E-state index in [1.54, 1.807) is 0 Å². The first-order chi connectivity index (χ1) is 4.09. The molecule has 9 heteroatoms. The summed E-state index contributed by atoms with van der Waals surface area (Å²) in [5, 5.41) is 0. The van der Waals surface area contributed by atoms with E-state index in [9.17, 15) is 0 Å². The van der Waals surface area contributed by atoms with Gasteiger partial charge in [0, 0.05) is 0 Å². The van der Waals surface area contributed by atoms with Gasteiger partial charge >= 0.3 is 130 Å². The number of rotatable bonds is 3. The molecule has 0 aliphatic rings. The fourth-order valence-electron chi connectivity index (χ4n) is 0.0475. The van der Waals surface area contributed by atoms with Crippen LogP contribution in [0.15, 0.2) is 0 Å². The van der Waals surface area contributed by atoms with Gasteiger partial charge in [0.15, 0.2) is 0 Å². The van der Waals surface area contributed by atoms with Crippen LogP contribution in [0.5, 0.6) is 0 Å². The summed E-state index contributed by atoms with van der Waals surface area (Å²) in [5.41, 5.74) is 0. The van der Waals surface area contributed by atoms with E-state index >= 15 is 0 Å². The maximum absolute atomic E-state index is 2.86. The van der Waals surface area contributed by atoms with Gasteiger partial charge in [0.25, 0.3) is 0 Å². The zero-order valence-corrected chi connectivity index (χ0v) is 23.0. The van der Waals surface area contributed by atoms with Crippen molar-refractivity contribution in [2.45, 2.75) is 0 Å². The van der Waals surface area contributed by atoms with Crippen molar-refractivity contribution in [3.05, 3.63) is 0 Å². The summed E-state index contributed by atoms with van der Waals surface area (Å²) in [6.45, 7) is 0. The summed E-state index contributed by atoms with van der Waals surface area (Å²) in [7, 11) is -0.761. The molecule has 0 radical (unpaired) electrons. The normalized spacial score (nSPS) is 15.4. The topological polar surface area (TPSA) is 0 Å². The Bertz CT molecular complexity index is 64.4. The first-order valence-corrected chi connectivity index (χ1v) is 51.9. The van der Waals surface area contributed by atoms with E-state index in [-0.39, 0.29) is 23.7 Å². The Morgan fingerprint density at radius 2 is 1.56 bits per heavy atom. The van der Waals surface area contributed by atoms with Crippen molar-refractivity contribution in [2.24, 2.45) is 0 Å². The van der Waals surface area contributed by atoms with E-state index in [0.717, 1.165) is 0 Å². The molecule has 0 saturated carbocycles. The number of hydrogen-bond acceptors (Lipinski definition) is 0. The van der Waals surface area contributed by atoms with Crippen molar-refractivity contribution in [3.8, 4) is 0 Å². The minimum absolute atomic E-state index is 0.208. The maximum atomic E-state index is 2.86. The molecule has 0 amide bonds. The van der Waals surface area contributed by atoms with Gasteiger partial charge < -0.3 is 0 Å². The zero-order chi connectivity index (χ0) is 7.44. The van der Waals surface area contributed by atoms with Gasteiger partial charge in [-0.2, -0.15) is 0 Å². The number of hydrogen-bond donors (Lipinski definition) is 0. The van der Waals surface area contributed by atoms with Crippen LogP contribution in [0.4, 0.5) is 0 Å². The van der Waals surface area contributed by atoms with Gasteiger partial charge in [-0.15, -0.1) is 0 Å². The molecule has 0 aromatic carbocycles. The van der Waals surface area contributed by atoms with Gasteiger partial charge in [0.1, 0.15) is 0 Å². The summed E-state index contributed by atoms with van der Waals surface area (Å²) < 4.78 is 0. The third-order valence-corrected chi connectivity index (χ3v) is 420. The molecule has 0 unspecified atom stereocenters. The summed E-state index contributed by atoms with van der Waals surface area (Å²) in [6, 6.07) is 0. The monoisotopic (exact) mass is 1140 g/mol. The second-order valence-electron chi connectivity index (χ2n) is 0.544. The summed E-state index contributed by atoms with van der Waals surface area (Å²) in [5.74, 6) is 0. The van der Waals surface area contributed by atoms with Crippen LogP contribution in [-0.4, -0.2) is 0 Å². The molecule has 0 aliphatic heterocycles. The summed E-state index contributed by atoms with van der Waals surface area (Å²) in [6.07, 6.45) is 0. The van der Waals surface area contributed by atoms with Gasteiger partial charge in [-0.25, -0.2) is 0 Å². The van der Waals surface area contributed by atoms with Gasteiger partial charge in [-0.05, 0) is 0 Å². The molecule has 0 aliphatic carbocycles. The van der Waals surface area contributed by atoms with Gasteiger partial charge in [-0.3, -0.25) is 0 Å². The Kier molecular flexibility index (Phi) is 16.9. The predicted octanol–water partition coefficient (Wildman–Crippen LogP) is -0.0598. The predicted molar refractivity (Wildman–Crippen MR) is 99.5 cm³/mol. The van der Waals surface area contributed by atoms with Crippen LogP contribution in [0.25, 0.3) is 0 Å². The Hall–Kier alpha value is 6.57. The Balaban J connectivity index is 3.58. The van der Waals surface area contributed by atoms with E-state index in [4.69, 9.17) is 0 Å². The van der Waals surface area contributed by atoms with Gasteiger partial charge in [0.05, 0.1) is 0 Å². The fourth-order valence-corrected chi connectivity index (χ4v) is 645. The van der Waals surface area contributed by atoms with E-state index in [1.807, 2.05) is 0 Å². The quantitative estimate of drug-likeness (QED) is 0.349. The van der Waals surface area contributed by atoms with E-state index in [1.165, 1.54) is 0 Å². The molecule has 0 aromatic rings. The average molecular weight is 1140 g/mol. The summed E-state index contributed by atoms with van der Waals surface area (Å²) >= 11 is 14.4. The Labute approximate surface area is 124 Å². The molecule has 0 saturated heterocycles. The molecule has 0 rings (SSSR count). The van der Waals surface area contributed by atoms with Crippen LogP contribution in [0.3, 0.4) is 0 Å². The van der Waals surface area contributed by atoms with Crippen LogP contribution in [-0.2, 0) is 0 Å². The van der Waals surface area contributed by atoms with Crippen molar-refractivity contribution in [1.29, 1.82) is 0 Å². The van der Waals surface area contributed by atoms with Crippen LogP contribution in [0, 0.1) is 0 Å². The third-order valence-electron chi connectivity index (χ3n) is 0.207. The van der Waals surface area contributed by atoms with Crippen LogP contribution in [0.1, 0.15) is 0 Å². The third kappa shape index (κ3) is 8.38. The Morgan fingerprint density at radius 3 is 1.67 bits per heavy atom. The molecule has 9 heavy (non-hydrogen) atoms. The van der Waals surface area contributed by atoms with Crippen molar-refractivity contribution >= 4 is 98.1 Å². The molecule has 0 fully saturated rings. The molecule has 0 nitrogen and oxygen atoms in total. The minimum atomic E-state index is -0.318.